The number of hydrogen-bond acceptors (Lipinski definition) is 2. The summed E-state index contributed by atoms with van der Waals surface area (Å²) < 4.78 is 6.34. The molecule has 1 aliphatic heterocycles. The standard InChI is InChI=1S/C31H20OS/c1-2-10-21(11-3-1)31(22-18-19-24-23-12-4-7-15-27(23)32-28(24)20-22)25-13-5-8-16-29(25)33-30-17-9-6-14-26(30)31/h1-20H. The molecule has 1 aliphatic rings. The highest BCUT2D eigenvalue weighted by atomic mass is 32.2. The van der Waals surface area contributed by atoms with Gasteiger partial charge >= 0.3 is 0 Å². The molecule has 0 saturated heterocycles. The SMILES string of the molecule is c1ccc(C2(c3ccc4c(c3)oc3ccccc34)c3ccccc3Sc3ccccc32)cc1. The number of furan rings is 1. The normalized spacial score (nSPS) is 14.2. The number of benzene rings is 5. The Balaban J connectivity index is 1.63. The van der Waals surface area contributed by atoms with Gasteiger partial charge in [0.2, 0.25) is 0 Å². The predicted molar refractivity (Wildman–Crippen MR) is 136 cm³/mol. The van der Waals surface area contributed by atoms with E-state index in [2.05, 4.69) is 109 Å². The second-order valence-electron chi connectivity index (χ2n) is 8.52. The van der Waals surface area contributed by atoms with Gasteiger partial charge in [0.25, 0.3) is 0 Å². The van der Waals surface area contributed by atoms with Crippen LogP contribution in [0.15, 0.2) is 136 Å². The molecule has 2 heteroatoms. The van der Waals surface area contributed by atoms with Gasteiger partial charge in [0.15, 0.2) is 0 Å². The minimum Gasteiger partial charge on any atom is -0.456 e. The topological polar surface area (TPSA) is 13.1 Å². The first-order chi connectivity index (χ1) is 16.4. The first-order valence-electron chi connectivity index (χ1n) is 11.2. The lowest BCUT2D eigenvalue weighted by Gasteiger charge is -2.41. The quantitative estimate of drug-likeness (QED) is 0.268. The fraction of sp³-hybridized carbons (Fsp3) is 0.0323. The van der Waals surface area contributed by atoms with E-state index in [4.69, 9.17) is 4.42 Å². The van der Waals surface area contributed by atoms with Crippen LogP contribution in [0.4, 0.5) is 0 Å². The molecule has 6 aromatic rings. The third-order valence-electron chi connectivity index (χ3n) is 6.82. The Kier molecular flexibility index (Phi) is 4.06. The molecule has 5 aromatic carbocycles. The van der Waals surface area contributed by atoms with Crippen LogP contribution in [-0.2, 0) is 5.41 Å². The number of hydrogen-bond donors (Lipinski definition) is 0. The minimum absolute atomic E-state index is 0.424. The maximum absolute atomic E-state index is 6.34. The highest BCUT2D eigenvalue weighted by Crippen LogP contribution is 2.55. The van der Waals surface area contributed by atoms with Gasteiger partial charge < -0.3 is 4.42 Å². The summed E-state index contributed by atoms with van der Waals surface area (Å²) >= 11 is 1.86. The van der Waals surface area contributed by atoms with E-state index < -0.39 is 5.41 Å². The van der Waals surface area contributed by atoms with Crippen LogP contribution in [0.25, 0.3) is 21.9 Å². The van der Waals surface area contributed by atoms with Crippen molar-refractivity contribution in [1.29, 1.82) is 0 Å². The molecular formula is C31H20OS. The van der Waals surface area contributed by atoms with Gasteiger partial charge in [-0.15, -0.1) is 0 Å². The van der Waals surface area contributed by atoms with Crippen LogP contribution in [0.2, 0.25) is 0 Å². The molecule has 0 spiro atoms. The predicted octanol–water partition coefficient (Wildman–Crippen LogP) is 8.43. The Bertz CT molecular complexity index is 1600. The van der Waals surface area contributed by atoms with Gasteiger partial charge in [0.05, 0.1) is 5.41 Å². The van der Waals surface area contributed by atoms with Gasteiger partial charge in [0, 0.05) is 20.6 Å². The smallest absolute Gasteiger partial charge is 0.135 e. The Morgan fingerprint density at radius 1 is 0.485 bits per heavy atom. The van der Waals surface area contributed by atoms with Crippen molar-refractivity contribution in [1.82, 2.24) is 0 Å². The van der Waals surface area contributed by atoms with Crippen LogP contribution < -0.4 is 0 Å². The molecule has 0 unspecified atom stereocenters. The van der Waals surface area contributed by atoms with Crippen LogP contribution in [0.1, 0.15) is 22.3 Å². The maximum atomic E-state index is 6.34. The fourth-order valence-corrected chi connectivity index (χ4v) is 6.62. The Labute approximate surface area is 196 Å². The number of para-hydroxylation sites is 1. The number of rotatable bonds is 2. The molecule has 0 amide bonds. The van der Waals surface area contributed by atoms with Crippen molar-refractivity contribution < 1.29 is 4.42 Å². The van der Waals surface area contributed by atoms with Gasteiger partial charge in [-0.25, -0.2) is 0 Å². The van der Waals surface area contributed by atoms with Gasteiger partial charge in [-0.05, 0) is 46.5 Å². The lowest BCUT2D eigenvalue weighted by molar-refractivity contribution is 0.661. The van der Waals surface area contributed by atoms with Crippen molar-refractivity contribution in [3.8, 4) is 0 Å². The lowest BCUT2D eigenvalue weighted by atomic mass is 9.65. The van der Waals surface area contributed by atoms with Crippen molar-refractivity contribution in [2.75, 3.05) is 0 Å². The maximum Gasteiger partial charge on any atom is 0.135 e. The Morgan fingerprint density at radius 3 is 1.85 bits per heavy atom. The average molecular weight is 441 g/mol. The average Bonchev–Trinajstić information content (AvgIpc) is 3.26. The second-order valence-corrected chi connectivity index (χ2v) is 9.60. The molecule has 0 N–H and O–H groups in total. The summed E-state index contributed by atoms with van der Waals surface area (Å²) in [5.41, 5.74) is 6.55. The van der Waals surface area contributed by atoms with E-state index in [1.807, 2.05) is 23.9 Å². The molecule has 33 heavy (non-hydrogen) atoms. The van der Waals surface area contributed by atoms with Crippen molar-refractivity contribution in [2.45, 2.75) is 15.2 Å². The van der Waals surface area contributed by atoms with E-state index in [1.165, 1.54) is 32.0 Å². The zero-order valence-corrected chi connectivity index (χ0v) is 18.7. The molecular weight excluding hydrogens is 420 g/mol. The molecule has 0 bridgehead atoms. The summed E-state index contributed by atoms with van der Waals surface area (Å²) in [6, 6.07) is 43.6. The molecule has 0 atom stereocenters. The molecule has 2 heterocycles. The molecule has 1 nitrogen and oxygen atoms in total. The monoisotopic (exact) mass is 440 g/mol. The Hall–Kier alpha value is -3.75. The minimum atomic E-state index is -0.424. The molecule has 1 aromatic heterocycles. The summed E-state index contributed by atoms with van der Waals surface area (Å²) in [6.45, 7) is 0. The van der Waals surface area contributed by atoms with Crippen LogP contribution in [-0.4, -0.2) is 0 Å². The van der Waals surface area contributed by atoms with Crippen molar-refractivity contribution >= 4 is 33.7 Å². The Morgan fingerprint density at radius 2 is 1.09 bits per heavy atom. The lowest BCUT2D eigenvalue weighted by Crippen LogP contribution is -2.34. The van der Waals surface area contributed by atoms with Crippen LogP contribution in [0, 0.1) is 0 Å². The first-order valence-corrected chi connectivity index (χ1v) is 12.0. The van der Waals surface area contributed by atoms with E-state index in [-0.39, 0.29) is 0 Å². The summed E-state index contributed by atoms with van der Waals surface area (Å²) in [7, 11) is 0. The highest BCUT2D eigenvalue weighted by molar-refractivity contribution is 7.99. The molecule has 0 saturated carbocycles. The molecule has 0 fully saturated rings. The van der Waals surface area contributed by atoms with E-state index >= 15 is 0 Å². The molecule has 7 rings (SSSR count). The first kappa shape index (κ1) is 18.8. The highest BCUT2D eigenvalue weighted by Gasteiger charge is 2.44. The van der Waals surface area contributed by atoms with E-state index in [0.717, 1.165) is 21.9 Å². The van der Waals surface area contributed by atoms with Gasteiger partial charge in [-0.1, -0.05) is 109 Å². The zero-order chi connectivity index (χ0) is 21.8. The summed E-state index contributed by atoms with van der Waals surface area (Å²) in [5, 5.41) is 2.32. The largest absolute Gasteiger partial charge is 0.456 e. The van der Waals surface area contributed by atoms with E-state index in [9.17, 15) is 0 Å². The molecule has 156 valence electrons. The summed E-state index contributed by atoms with van der Waals surface area (Å²) in [5.74, 6) is 0. The molecule has 0 radical (unpaired) electrons. The van der Waals surface area contributed by atoms with Gasteiger partial charge in [-0.3, -0.25) is 0 Å². The van der Waals surface area contributed by atoms with Gasteiger partial charge in [-0.2, -0.15) is 0 Å². The zero-order valence-electron chi connectivity index (χ0n) is 17.9. The van der Waals surface area contributed by atoms with E-state index in [0.29, 0.717) is 0 Å². The fourth-order valence-electron chi connectivity index (χ4n) is 5.43. The van der Waals surface area contributed by atoms with Gasteiger partial charge in [0.1, 0.15) is 11.2 Å². The summed E-state index contributed by atoms with van der Waals surface area (Å²) in [4.78, 5) is 2.59. The number of fused-ring (bicyclic) bond motifs is 5. The van der Waals surface area contributed by atoms with Crippen molar-refractivity contribution in [2.24, 2.45) is 0 Å². The third-order valence-corrected chi connectivity index (χ3v) is 7.97. The van der Waals surface area contributed by atoms with E-state index in [1.54, 1.807) is 0 Å². The third kappa shape index (κ3) is 2.62. The van der Waals surface area contributed by atoms with Crippen molar-refractivity contribution in [3.05, 3.63) is 144 Å². The van der Waals surface area contributed by atoms with Crippen LogP contribution in [0.3, 0.4) is 0 Å². The van der Waals surface area contributed by atoms with Crippen molar-refractivity contribution in [3.63, 3.8) is 0 Å². The van der Waals surface area contributed by atoms with Crippen LogP contribution in [0.5, 0.6) is 0 Å². The summed E-state index contributed by atoms with van der Waals surface area (Å²) in [6.07, 6.45) is 0. The molecule has 0 aliphatic carbocycles. The van der Waals surface area contributed by atoms with Crippen LogP contribution >= 0.6 is 11.8 Å². The second kappa shape index (κ2) is 7.13.